The Bertz CT molecular complexity index is 313. The van der Waals surface area contributed by atoms with Crippen LogP contribution in [0.5, 0.6) is 0 Å². The molecule has 90 valence electrons. The Morgan fingerprint density at radius 2 is 1.94 bits per heavy atom. The average molecular weight is 220 g/mol. The summed E-state index contributed by atoms with van der Waals surface area (Å²) >= 11 is 0. The van der Waals surface area contributed by atoms with Crippen LogP contribution in [0.4, 0.5) is 0 Å². The van der Waals surface area contributed by atoms with Crippen molar-refractivity contribution < 1.29 is 0 Å². The first-order valence-corrected chi connectivity index (χ1v) is 6.73. The molecule has 1 aliphatic heterocycles. The number of nitrogens with zero attached hydrogens (tertiary/aromatic N) is 1. The van der Waals surface area contributed by atoms with Crippen molar-refractivity contribution in [1.29, 1.82) is 0 Å². The molecule has 1 saturated carbocycles. The largest absolute Gasteiger partial charge is 0.283 e. The second-order valence-corrected chi connectivity index (χ2v) is 5.46. The van der Waals surface area contributed by atoms with Crippen LogP contribution in [0.15, 0.2) is 16.4 Å². The monoisotopic (exact) mass is 220 g/mol. The fraction of sp³-hybridized carbons (Fsp3) is 0.786. The van der Waals surface area contributed by atoms with Crippen molar-refractivity contribution >= 4 is 5.71 Å². The highest BCUT2D eigenvalue weighted by Gasteiger charge is 2.28. The van der Waals surface area contributed by atoms with E-state index in [-0.39, 0.29) is 0 Å². The van der Waals surface area contributed by atoms with Gasteiger partial charge in [0.1, 0.15) is 0 Å². The van der Waals surface area contributed by atoms with Crippen molar-refractivity contribution in [3.05, 3.63) is 11.3 Å². The SMILES string of the molecule is CC1=C2CCCCCCC2C(C(C)C)=NN1. The summed E-state index contributed by atoms with van der Waals surface area (Å²) in [4.78, 5) is 0. The Labute approximate surface area is 99.2 Å². The quantitative estimate of drug-likeness (QED) is 0.713. The maximum Gasteiger partial charge on any atom is 0.0479 e. The van der Waals surface area contributed by atoms with Gasteiger partial charge in [0.15, 0.2) is 0 Å². The predicted molar refractivity (Wildman–Crippen MR) is 69.3 cm³/mol. The lowest BCUT2D eigenvalue weighted by Crippen LogP contribution is -2.31. The van der Waals surface area contributed by atoms with E-state index in [1.165, 1.54) is 49.9 Å². The molecule has 2 heteroatoms. The third-order valence-corrected chi connectivity index (χ3v) is 3.89. The zero-order valence-corrected chi connectivity index (χ0v) is 10.8. The molecule has 0 amide bonds. The summed E-state index contributed by atoms with van der Waals surface area (Å²) in [6.45, 7) is 6.71. The summed E-state index contributed by atoms with van der Waals surface area (Å²) in [6, 6.07) is 0. The van der Waals surface area contributed by atoms with Gasteiger partial charge in [0.05, 0.1) is 0 Å². The molecule has 2 nitrogen and oxygen atoms in total. The first kappa shape index (κ1) is 11.7. The highest BCUT2D eigenvalue weighted by molar-refractivity contribution is 5.91. The van der Waals surface area contributed by atoms with Gasteiger partial charge in [0, 0.05) is 17.3 Å². The molecule has 0 bridgehead atoms. The lowest BCUT2D eigenvalue weighted by molar-refractivity contribution is 0.499. The number of nitrogens with one attached hydrogen (secondary N) is 1. The van der Waals surface area contributed by atoms with Crippen molar-refractivity contribution in [2.75, 3.05) is 0 Å². The third-order valence-electron chi connectivity index (χ3n) is 3.89. The molecule has 1 heterocycles. The molecule has 0 aromatic heterocycles. The number of hydrazone groups is 1. The molecular weight excluding hydrogens is 196 g/mol. The zero-order valence-electron chi connectivity index (χ0n) is 10.8. The standard InChI is InChI=1S/C14H24N2/c1-10(2)14-13-9-7-5-4-6-8-12(13)11(3)15-16-14/h10,13,15H,4-9H2,1-3H3. The van der Waals surface area contributed by atoms with Crippen LogP contribution in [-0.4, -0.2) is 5.71 Å². The van der Waals surface area contributed by atoms with Crippen molar-refractivity contribution in [1.82, 2.24) is 5.43 Å². The van der Waals surface area contributed by atoms with E-state index >= 15 is 0 Å². The first-order chi connectivity index (χ1) is 7.70. The lowest BCUT2D eigenvalue weighted by atomic mass is 9.78. The van der Waals surface area contributed by atoms with E-state index in [4.69, 9.17) is 0 Å². The molecule has 1 aliphatic carbocycles. The van der Waals surface area contributed by atoms with Crippen molar-refractivity contribution in [2.45, 2.75) is 59.3 Å². The molecule has 2 rings (SSSR count). The highest BCUT2D eigenvalue weighted by Crippen LogP contribution is 2.33. The summed E-state index contributed by atoms with van der Waals surface area (Å²) in [5.74, 6) is 1.21. The molecule has 0 aromatic carbocycles. The van der Waals surface area contributed by atoms with Gasteiger partial charge in [-0.25, -0.2) is 0 Å². The summed E-state index contributed by atoms with van der Waals surface area (Å²) < 4.78 is 0. The van der Waals surface area contributed by atoms with E-state index in [0.29, 0.717) is 11.8 Å². The van der Waals surface area contributed by atoms with Gasteiger partial charge < -0.3 is 0 Å². The second kappa shape index (κ2) is 5.03. The number of hydrogen-bond donors (Lipinski definition) is 1. The Balaban J connectivity index is 2.23. The Kier molecular flexibility index (Phi) is 3.67. The topological polar surface area (TPSA) is 24.4 Å². The normalized spacial score (nSPS) is 26.8. The molecule has 0 spiro atoms. The van der Waals surface area contributed by atoms with Gasteiger partial charge in [-0.2, -0.15) is 5.10 Å². The molecule has 1 N–H and O–H groups in total. The van der Waals surface area contributed by atoms with E-state index in [2.05, 4.69) is 31.3 Å². The molecular formula is C14H24N2. The molecule has 0 saturated heterocycles. The van der Waals surface area contributed by atoms with E-state index < -0.39 is 0 Å². The van der Waals surface area contributed by atoms with Crippen LogP contribution >= 0.6 is 0 Å². The Morgan fingerprint density at radius 1 is 1.19 bits per heavy atom. The fourth-order valence-corrected chi connectivity index (χ4v) is 2.97. The van der Waals surface area contributed by atoms with Crippen LogP contribution in [0.25, 0.3) is 0 Å². The third kappa shape index (κ3) is 2.31. The molecule has 1 atom stereocenters. The van der Waals surface area contributed by atoms with Crippen molar-refractivity contribution in [2.24, 2.45) is 16.9 Å². The predicted octanol–water partition coefficient (Wildman–Crippen LogP) is 3.85. The van der Waals surface area contributed by atoms with Gasteiger partial charge in [0.25, 0.3) is 0 Å². The molecule has 16 heavy (non-hydrogen) atoms. The zero-order chi connectivity index (χ0) is 11.5. The van der Waals surface area contributed by atoms with Crippen LogP contribution < -0.4 is 5.43 Å². The van der Waals surface area contributed by atoms with Gasteiger partial charge >= 0.3 is 0 Å². The van der Waals surface area contributed by atoms with Gasteiger partial charge in [-0.15, -0.1) is 0 Å². The molecule has 1 unspecified atom stereocenters. The molecule has 0 aromatic rings. The minimum absolute atomic E-state index is 0.569. The van der Waals surface area contributed by atoms with E-state index in [1.807, 2.05) is 0 Å². The maximum absolute atomic E-state index is 4.58. The van der Waals surface area contributed by atoms with E-state index in [9.17, 15) is 0 Å². The van der Waals surface area contributed by atoms with Gasteiger partial charge in [-0.1, -0.05) is 33.1 Å². The molecule has 2 aliphatic rings. The number of rotatable bonds is 1. The fourth-order valence-electron chi connectivity index (χ4n) is 2.97. The van der Waals surface area contributed by atoms with E-state index in [1.54, 1.807) is 5.57 Å². The number of allylic oxidation sites excluding steroid dienone is 2. The summed E-state index contributed by atoms with van der Waals surface area (Å²) in [5, 5.41) is 4.58. The smallest absolute Gasteiger partial charge is 0.0479 e. The minimum atomic E-state index is 0.569. The van der Waals surface area contributed by atoms with Crippen LogP contribution in [0.3, 0.4) is 0 Å². The molecule has 1 fully saturated rings. The Hall–Kier alpha value is -0.790. The maximum atomic E-state index is 4.58. The summed E-state index contributed by atoms with van der Waals surface area (Å²) in [7, 11) is 0. The lowest BCUT2D eigenvalue weighted by Gasteiger charge is -2.31. The van der Waals surface area contributed by atoms with Crippen molar-refractivity contribution in [3.63, 3.8) is 0 Å². The first-order valence-electron chi connectivity index (χ1n) is 6.73. The second-order valence-electron chi connectivity index (χ2n) is 5.46. The molecule has 0 radical (unpaired) electrons. The van der Waals surface area contributed by atoms with Gasteiger partial charge in [-0.3, -0.25) is 5.43 Å². The van der Waals surface area contributed by atoms with Crippen LogP contribution in [0.2, 0.25) is 0 Å². The van der Waals surface area contributed by atoms with Crippen LogP contribution in [-0.2, 0) is 0 Å². The van der Waals surface area contributed by atoms with E-state index in [0.717, 1.165) is 0 Å². The van der Waals surface area contributed by atoms with Gasteiger partial charge in [-0.05, 0) is 37.7 Å². The van der Waals surface area contributed by atoms with Crippen LogP contribution in [0, 0.1) is 11.8 Å². The average Bonchev–Trinajstić information content (AvgIpc) is 2.19. The summed E-state index contributed by atoms with van der Waals surface area (Å²) in [6.07, 6.45) is 8.11. The number of fused-ring (bicyclic) bond motifs is 1. The highest BCUT2D eigenvalue weighted by atomic mass is 15.3. The minimum Gasteiger partial charge on any atom is -0.283 e. The summed E-state index contributed by atoms with van der Waals surface area (Å²) in [5.41, 5.74) is 7.56. The Morgan fingerprint density at radius 3 is 2.69 bits per heavy atom. The van der Waals surface area contributed by atoms with Crippen molar-refractivity contribution in [3.8, 4) is 0 Å². The number of hydrogen-bond acceptors (Lipinski definition) is 2. The van der Waals surface area contributed by atoms with Gasteiger partial charge in [0.2, 0.25) is 0 Å². The van der Waals surface area contributed by atoms with Crippen LogP contribution in [0.1, 0.15) is 59.3 Å².